The van der Waals surface area contributed by atoms with E-state index in [2.05, 4.69) is 5.32 Å². The molecule has 152 valence electrons. The van der Waals surface area contributed by atoms with Crippen LogP contribution in [-0.2, 0) is 14.5 Å². The van der Waals surface area contributed by atoms with Gasteiger partial charge in [0.2, 0.25) is 0 Å². The summed E-state index contributed by atoms with van der Waals surface area (Å²) in [5.74, 6) is 0.497. The van der Waals surface area contributed by atoms with Crippen molar-refractivity contribution in [1.29, 1.82) is 4.78 Å². The first-order chi connectivity index (χ1) is 13.3. The molecule has 1 amide bonds. The number of anilines is 2. The molecule has 0 unspecified atom stereocenters. The summed E-state index contributed by atoms with van der Waals surface area (Å²) < 4.78 is 39.5. The molecule has 2 saturated heterocycles. The maximum atomic E-state index is 14.7. The van der Waals surface area contributed by atoms with Gasteiger partial charge >= 0.3 is 6.09 Å². The van der Waals surface area contributed by atoms with Crippen LogP contribution in [0.2, 0.25) is 0 Å². The summed E-state index contributed by atoms with van der Waals surface area (Å²) in [5.41, 5.74) is 0.846. The second-order valence-corrected chi connectivity index (χ2v) is 10.4. The number of nitrogens with zero attached hydrogens (tertiary/aromatic N) is 2. The highest BCUT2D eigenvalue weighted by Gasteiger charge is 2.34. The van der Waals surface area contributed by atoms with Crippen LogP contribution in [0.3, 0.4) is 0 Å². The Morgan fingerprint density at radius 2 is 2.07 bits per heavy atom. The predicted molar refractivity (Wildman–Crippen MR) is 110 cm³/mol. The van der Waals surface area contributed by atoms with E-state index in [0.29, 0.717) is 43.5 Å². The summed E-state index contributed by atoms with van der Waals surface area (Å²) in [6, 6.07) is 4.65. The highest BCUT2D eigenvalue weighted by Crippen LogP contribution is 2.30. The van der Waals surface area contributed by atoms with Gasteiger partial charge in [0.15, 0.2) is 0 Å². The summed E-state index contributed by atoms with van der Waals surface area (Å²) >= 11 is 5.29. The number of hydrogen-bond donors (Lipinski definition) is 2. The molecule has 1 aromatic rings. The molecule has 3 fully saturated rings. The third kappa shape index (κ3) is 4.22. The van der Waals surface area contributed by atoms with Gasteiger partial charge in [-0.1, -0.05) is 12.2 Å². The maximum absolute atomic E-state index is 14.7. The Labute approximate surface area is 169 Å². The minimum atomic E-state index is -2.53. The summed E-state index contributed by atoms with van der Waals surface area (Å²) in [7, 11) is -2.53. The van der Waals surface area contributed by atoms with Crippen molar-refractivity contribution in [3.63, 3.8) is 0 Å². The molecule has 1 saturated carbocycles. The number of benzene rings is 1. The van der Waals surface area contributed by atoms with Gasteiger partial charge in [0.25, 0.3) is 0 Å². The van der Waals surface area contributed by atoms with Crippen LogP contribution in [0.25, 0.3) is 0 Å². The number of carbonyl (C=O) groups excluding carboxylic acids is 1. The lowest BCUT2D eigenvalue weighted by atomic mass is 10.2. The van der Waals surface area contributed by atoms with Crippen LogP contribution in [0, 0.1) is 16.5 Å². The second kappa shape index (κ2) is 7.47. The smallest absolute Gasteiger partial charge is 0.414 e. The third-order valence-electron chi connectivity index (χ3n) is 5.29. The number of cyclic esters (lactones) is 1. The highest BCUT2D eigenvalue weighted by molar-refractivity contribution is 7.92. The number of ether oxygens (including phenoxy) is 1. The van der Waals surface area contributed by atoms with Gasteiger partial charge < -0.3 is 15.0 Å². The van der Waals surface area contributed by atoms with Gasteiger partial charge in [-0.25, -0.2) is 13.4 Å². The minimum Gasteiger partial charge on any atom is -0.442 e. The van der Waals surface area contributed by atoms with Crippen molar-refractivity contribution in [2.45, 2.75) is 18.9 Å². The lowest BCUT2D eigenvalue weighted by Gasteiger charge is -2.30. The van der Waals surface area contributed by atoms with Crippen LogP contribution in [0.1, 0.15) is 12.8 Å². The fourth-order valence-corrected chi connectivity index (χ4v) is 4.99. The Kier molecular flexibility index (Phi) is 5.17. The number of thiocarbonyl (C=S) groups is 1. The topological polar surface area (TPSA) is 85.7 Å². The van der Waals surface area contributed by atoms with Crippen molar-refractivity contribution in [2.24, 2.45) is 5.92 Å². The monoisotopic (exact) mass is 426 g/mol. The Bertz CT molecular complexity index is 890. The number of rotatable bonds is 5. The van der Waals surface area contributed by atoms with Crippen molar-refractivity contribution in [3.8, 4) is 0 Å². The molecule has 4 rings (SSSR count). The number of halogens is 1. The molecule has 0 aromatic heterocycles. The molecule has 1 aromatic carbocycles. The van der Waals surface area contributed by atoms with E-state index in [0.717, 1.165) is 17.8 Å². The first-order valence-electron chi connectivity index (χ1n) is 9.37. The summed E-state index contributed by atoms with van der Waals surface area (Å²) in [5, 5.41) is 3.16. The Morgan fingerprint density at radius 1 is 1.36 bits per heavy atom. The van der Waals surface area contributed by atoms with Crippen molar-refractivity contribution in [2.75, 3.05) is 47.5 Å². The Hall–Kier alpha value is -1.94. The molecule has 0 spiro atoms. The molecule has 2 N–H and O–H groups in total. The van der Waals surface area contributed by atoms with Gasteiger partial charge in [0.05, 0.1) is 29.5 Å². The second-order valence-electron chi connectivity index (χ2n) is 7.48. The fraction of sp³-hybridized carbons (Fsp3) is 0.556. The van der Waals surface area contributed by atoms with E-state index in [1.807, 2.05) is 0 Å². The molecular weight excluding hydrogens is 403 g/mol. The largest absolute Gasteiger partial charge is 0.442 e. The zero-order valence-electron chi connectivity index (χ0n) is 15.4. The molecule has 2 heterocycles. The van der Waals surface area contributed by atoms with Crippen LogP contribution in [0.15, 0.2) is 18.2 Å². The van der Waals surface area contributed by atoms with E-state index in [-0.39, 0.29) is 17.6 Å². The zero-order chi connectivity index (χ0) is 19.9. The van der Waals surface area contributed by atoms with Crippen molar-refractivity contribution in [1.82, 2.24) is 5.32 Å². The molecule has 7 nitrogen and oxygen atoms in total. The molecule has 3 aliphatic rings. The van der Waals surface area contributed by atoms with Crippen molar-refractivity contribution >= 4 is 44.4 Å². The van der Waals surface area contributed by atoms with Gasteiger partial charge in [-0.05, 0) is 31.0 Å². The standard InChI is InChI=1S/C18H23FN4O3S2/c19-15-9-13(3-4-16(15)22-5-7-28(20,25)8-6-22)23-11-14(26-18(23)24)10-21-17(27)12-1-2-12/h3-4,9,12,14,20H,1-2,5-8,10-11H2,(H,21,27)/t14-/m0/s1. The molecule has 0 radical (unpaired) electrons. The maximum Gasteiger partial charge on any atom is 0.414 e. The van der Waals surface area contributed by atoms with Gasteiger partial charge in [-0.2, -0.15) is 0 Å². The average molecular weight is 427 g/mol. The van der Waals surface area contributed by atoms with E-state index in [1.54, 1.807) is 17.0 Å². The molecule has 0 bridgehead atoms. The molecule has 10 heteroatoms. The fourth-order valence-electron chi connectivity index (χ4n) is 3.43. The highest BCUT2D eigenvalue weighted by atomic mass is 32.2. The summed E-state index contributed by atoms with van der Waals surface area (Å²) in [6.07, 6.45) is 1.40. The zero-order valence-corrected chi connectivity index (χ0v) is 17.0. The third-order valence-corrected chi connectivity index (χ3v) is 7.45. The van der Waals surface area contributed by atoms with Gasteiger partial charge in [0, 0.05) is 40.2 Å². The van der Waals surface area contributed by atoms with Gasteiger partial charge in [-0.15, -0.1) is 0 Å². The predicted octanol–water partition coefficient (Wildman–Crippen LogP) is 2.34. The average Bonchev–Trinajstić information content (AvgIpc) is 3.43. The van der Waals surface area contributed by atoms with Crippen molar-refractivity contribution in [3.05, 3.63) is 24.0 Å². The van der Waals surface area contributed by atoms with Crippen LogP contribution < -0.4 is 15.1 Å². The van der Waals surface area contributed by atoms with Gasteiger partial charge in [-0.3, -0.25) is 9.68 Å². The lowest BCUT2D eigenvalue weighted by molar-refractivity contribution is 0.143. The van der Waals surface area contributed by atoms with E-state index in [9.17, 15) is 13.4 Å². The normalized spacial score (nSPS) is 24.2. The SMILES string of the molecule is N=S1(=O)CCN(c2ccc(N3C[C@H](CNC(=S)C4CC4)OC3=O)cc2F)CC1. The Morgan fingerprint density at radius 3 is 2.71 bits per heavy atom. The molecule has 1 atom stereocenters. The number of amides is 1. The van der Waals surface area contributed by atoms with E-state index >= 15 is 0 Å². The first kappa shape index (κ1) is 19.4. The van der Waals surface area contributed by atoms with Gasteiger partial charge in [0.1, 0.15) is 11.9 Å². The molecule has 1 aliphatic carbocycles. The van der Waals surface area contributed by atoms with Crippen LogP contribution in [0.5, 0.6) is 0 Å². The van der Waals surface area contributed by atoms with E-state index < -0.39 is 21.6 Å². The summed E-state index contributed by atoms with van der Waals surface area (Å²) in [6.45, 7) is 1.57. The van der Waals surface area contributed by atoms with Crippen LogP contribution in [0.4, 0.5) is 20.6 Å². The van der Waals surface area contributed by atoms with Crippen LogP contribution >= 0.6 is 12.2 Å². The molecule has 28 heavy (non-hydrogen) atoms. The quantitative estimate of drug-likeness (QED) is 0.703. The number of nitrogens with one attached hydrogen (secondary N) is 2. The van der Waals surface area contributed by atoms with E-state index in [4.69, 9.17) is 21.7 Å². The molecular formula is C18H23FN4O3S2. The van der Waals surface area contributed by atoms with E-state index in [1.165, 1.54) is 11.0 Å². The minimum absolute atomic E-state index is 0.240. The number of carbonyl (C=O) groups is 1. The number of hydrogen-bond acceptors (Lipinski definition) is 6. The van der Waals surface area contributed by atoms with Crippen molar-refractivity contribution < 1.29 is 18.1 Å². The Balaban J connectivity index is 1.39. The first-order valence-corrected chi connectivity index (χ1v) is 11.7. The summed E-state index contributed by atoms with van der Waals surface area (Å²) in [4.78, 5) is 16.2. The van der Waals surface area contributed by atoms with Crippen LogP contribution in [-0.4, -0.2) is 59.1 Å². The molecule has 2 aliphatic heterocycles. The lowest BCUT2D eigenvalue weighted by Crippen LogP contribution is -2.40.